The van der Waals surface area contributed by atoms with E-state index >= 15 is 0 Å². The summed E-state index contributed by atoms with van der Waals surface area (Å²) in [4.78, 5) is 9.05. The van der Waals surface area contributed by atoms with Gasteiger partial charge in [0.15, 0.2) is 5.82 Å². The van der Waals surface area contributed by atoms with Crippen LogP contribution >= 0.6 is 27.5 Å². The molecule has 0 radical (unpaired) electrons. The molecule has 0 spiro atoms. The molecule has 1 aromatic carbocycles. The molecule has 0 atom stereocenters. The molecule has 6 heteroatoms. The van der Waals surface area contributed by atoms with E-state index in [0.717, 1.165) is 21.5 Å². The van der Waals surface area contributed by atoms with Crippen LogP contribution in [0.15, 0.2) is 22.7 Å². The zero-order chi connectivity index (χ0) is 14.9. The van der Waals surface area contributed by atoms with Crippen LogP contribution in [-0.4, -0.2) is 22.1 Å². The van der Waals surface area contributed by atoms with Crippen molar-refractivity contribution in [3.63, 3.8) is 0 Å². The molecule has 0 bridgehead atoms. The van der Waals surface area contributed by atoms with Crippen LogP contribution in [0, 0.1) is 0 Å². The van der Waals surface area contributed by atoms with Gasteiger partial charge in [0.05, 0.1) is 15.2 Å². The second-order valence-electron chi connectivity index (χ2n) is 4.67. The quantitative estimate of drug-likeness (QED) is 0.854. The lowest BCUT2D eigenvalue weighted by Gasteiger charge is -2.13. The Hall–Kier alpha value is -1.33. The molecule has 0 saturated heterocycles. The Morgan fingerprint density at radius 1 is 1.30 bits per heavy atom. The van der Waals surface area contributed by atoms with Crippen LogP contribution in [0.2, 0.25) is 5.02 Å². The highest BCUT2D eigenvalue weighted by Gasteiger charge is 2.15. The molecule has 0 aliphatic heterocycles. The van der Waals surface area contributed by atoms with Gasteiger partial charge >= 0.3 is 0 Å². The summed E-state index contributed by atoms with van der Waals surface area (Å²) in [6.45, 7) is 4.14. The third kappa shape index (κ3) is 2.88. The highest BCUT2D eigenvalue weighted by Crippen LogP contribution is 2.33. The Labute approximate surface area is 131 Å². The second-order valence-corrected chi connectivity index (χ2v) is 5.87. The molecule has 0 fully saturated rings. The fraction of sp³-hybridized carbons (Fsp3) is 0.286. The van der Waals surface area contributed by atoms with Crippen molar-refractivity contribution in [3.8, 4) is 17.1 Å². The average molecular weight is 357 g/mol. The number of rotatable bonds is 3. The molecule has 0 saturated carbocycles. The maximum Gasteiger partial charge on any atom is 0.161 e. The molecule has 4 nitrogen and oxygen atoms in total. The number of aromatic nitrogens is 2. The Balaban J connectivity index is 2.61. The van der Waals surface area contributed by atoms with Crippen LogP contribution < -0.4 is 5.32 Å². The van der Waals surface area contributed by atoms with Gasteiger partial charge in [-0.15, -0.1) is 0 Å². The van der Waals surface area contributed by atoms with Gasteiger partial charge < -0.3 is 10.4 Å². The minimum atomic E-state index is 0.0467. The Bertz CT molecular complexity index is 647. The van der Waals surface area contributed by atoms with E-state index in [-0.39, 0.29) is 16.7 Å². The molecule has 0 unspecified atom stereocenters. The number of phenolic OH excluding ortho intramolecular Hbond substituents is 1. The minimum Gasteiger partial charge on any atom is -0.506 e. The largest absolute Gasteiger partial charge is 0.506 e. The lowest BCUT2D eigenvalue weighted by molar-refractivity contribution is 0.475. The Kier molecular flexibility index (Phi) is 4.50. The Morgan fingerprint density at radius 3 is 2.55 bits per heavy atom. The van der Waals surface area contributed by atoms with E-state index in [4.69, 9.17) is 11.6 Å². The molecule has 1 aromatic heterocycles. The predicted octanol–water partition coefficient (Wildman–Crippen LogP) is 4.43. The van der Waals surface area contributed by atoms with Gasteiger partial charge in [-0.3, -0.25) is 0 Å². The van der Waals surface area contributed by atoms with Crippen molar-refractivity contribution in [3.05, 3.63) is 33.4 Å². The fourth-order valence-electron chi connectivity index (χ4n) is 1.79. The zero-order valence-electron chi connectivity index (χ0n) is 11.4. The van der Waals surface area contributed by atoms with E-state index in [0.29, 0.717) is 5.82 Å². The highest BCUT2D eigenvalue weighted by atomic mass is 79.9. The first-order valence-electron chi connectivity index (χ1n) is 6.18. The standard InChI is InChI=1S/C14H15BrClN3O/c1-7(2)12-11(15)14(17-3)19-13(18-12)8-4-5-10(20)9(16)6-8/h4-7,20H,1-3H3,(H,17,18,19). The maximum absolute atomic E-state index is 9.49. The molecule has 1 heterocycles. The van der Waals surface area contributed by atoms with Gasteiger partial charge in [0.2, 0.25) is 0 Å². The SMILES string of the molecule is CNc1nc(-c2ccc(O)c(Cl)c2)nc(C(C)C)c1Br. The molecule has 2 rings (SSSR count). The molecular formula is C14H15BrClN3O. The van der Waals surface area contributed by atoms with E-state index in [1.165, 1.54) is 6.07 Å². The summed E-state index contributed by atoms with van der Waals surface area (Å²) in [5.74, 6) is 1.60. The van der Waals surface area contributed by atoms with Crippen LogP contribution in [0.4, 0.5) is 5.82 Å². The summed E-state index contributed by atoms with van der Waals surface area (Å²) >= 11 is 9.46. The van der Waals surface area contributed by atoms with Crippen LogP contribution in [0.25, 0.3) is 11.4 Å². The predicted molar refractivity (Wildman–Crippen MR) is 85.5 cm³/mol. The van der Waals surface area contributed by atoms with Crippen molar-refractivity contribution >= 4 is 33.3 Å². The summed E-state index contributed by atoms with van der Waals surface area (Å²) in [5.41, 5.74) is 1.68. The van der Waals surface area contributed by atoms with Crippen molar-refractivity contribution in [2.24, 2.45) is 0 Å². The monoisotopic (exact) mass is 355 g/mol. The summed E-state index contributed by atoms with van der Waals surface area (Å²) < 4.78 is 0.864. The molecule has 0 aliphatic carbocycles. The van der Waals surface area contributed by atoms with E-state index in [1.54, 1.807) is 12.1 Å². The third-order valence-electron chi connectivity index (χ3n) is 2.87. The molecule has 0 amide bonds. The van der Waals surface area contributed by atoms with Gasteiger partial charge in [0.25, 0.3) is 0 Å². The lowest BCUT2D eigenvalue weighted by Crippen LogP contribution is -2.04. The second kappa shape index (κ2) is 5.97. The number of halogens is 2. The number of nitrogens with one attached hydrogen (secondary N) is 1. The third-order valence-corrected chi connectivity index (χ3v) is 3.95. The number of anilines is 1. The number of hydrogen-bond donors (Lipinski definition) is 2. The summed E-state index contributed by atoms with van der Waals surface area (Å²) in [7, 11) is 1.81. The van der Waals surface area contributed by atoms with Crippen molar-refractivity contribution in [1.29, 1.82) is 0 Å². The number of aromatic hydroxyl groups is 1. The molecule has 2 aromatic rings. The van der Waals surface area contributed by atoms with Gasteiger partial charge in [-0.2, -0.15) is 0 Å². The zero-order valence-corrected chi connectivity index (χ0v) is 13.7. The summed E-state index contributed by atoms with van der Waals surface area (Å²) in [6.07, 6.45) is 0. The number of benzene rings is 1. The first-order valence-corrected chi connectivity index (χ1v) is 7.35. The fourth-order valence-corrected chi connectivity index (χ4v) is 2.80. The topological polar surface area (TPSA) is 58.0 Å². The van der Waals surface area contributed by atoms with Crippen LogP contribution in [-0.2, 0) is 0 Å². The highest BCUT2D eigenvalue weighted by molar-refractivity contribution is 9.10. The minimum absolute atomic E-state index is 0.0467. The first-order chi connectivity index (χ1) is 9.43. The summed E-state index contributed by atoms with van der Waals surface area (Å²) in [6, 6.07) is 4.94. The first kappa shape index (κ1) is 15.1. The van der Waals surface area contributed by atoms with Crippen LogP contribution in [0.1, 0.15) is 25.5 Å². The van der Waals surface area contributed by atoms with Crippen LogP contribution in [0.3, 0.4) is 0 Å². The molecule has 0 aliphatic rings. The van der Waals surface area contributed by atoms with Crippen molar-refractivity contribution in [2.75, 3.05) is 12.4 Å². The number of nitrogens with zero attached hydrogens (tertiary/aromatic N) is 2. The Morgan fingerprint density at radius 2 is 2.00 bits per heavy atom. The smallest absolute Gasteiger partial charge is 0.161 e. The molecular weight excluding hydrogens is 342 g/mol. The van der Waals surface area contributed by atoms with Gasteiger partial charge in [-0.05, 0) is 40.0 Å². The van der Waals surface area contributed by atoms with E-state index in [1.807, 2.05) is 7.05 Å². The van der Waals surface area contributed by atoms with Gasteiger partial charge in [-0.25, -0.2) is 9.97 Å². The van der Waals surface area contributed by atoms with Gasteiger partial charge in [-0.1, -0.05) is 25.4 Å². The van der Waals surface area contributed by atoms with E-state index < -0.39 is 0 Å². The number of hydrogen-bond acceptors (Lipinski definition) is 4. The lowest BCUT2D eigenvalue weighted by atomic mass is 10.1. The van der Waals surface area contributed by atoms with Crippen LogP contribution in [0.5, 0.6) is 5.75 Å². The van der Waals surface area contributed by atoms with Crippen molar-refractivity contribution in [2.45, 2.75) is 19.8 Å². The van der Waals surface area contributed by atoms with E-state index in [9.17, 15) is 5.11 Å². The number of phenols is 1. The van der Waals surface area contributed by atoms with Gasteiger partial charge in [0, 0.05) is 12.6 Å². The maximum atomic E-state index is 9.49. The summed E-state index contributed by atoms with van der Waals surface area (Å²) in [5, 5.41) is 12.8. The van der Waals surface area contributed by atoms with Crippen molar-refractivity contribution < 1.29 is 5.11 Å². The van der Waals surface area contributed by atoms with Gasteiger partial charge in [0.1, 0.15) is 11.6 Å². The molecule has 20 heavy (non-hydrogen) atoms. The van der Waals surface area contributed by atoms with E-state index in [2.05, 4.69) is 45.1 Å². The van der Waals surface area contributed by atoms with Crippen molar-refractivity contribution in [1.82, 2.24) is 9.97 Å². The normalized spacial score (nSPS) is 10.9. The molecule has 2 N–H and O–H groups in total. The average Bonchev–Trinajstić information content (AvgIpc) is 2.42. The molecule has 106 valence electrons.